The van der Waals surface area contributed by atoms with Gasteiger partial charge in [-0.05, 0) is 29.9 Å². The summed E-state index contributed by atoms with van der Waals surface area (Å²) in [6, 6.07) is 20.9. The second kappa shape index (κ2) is 9.53. The van der Waals surface area contributed by atoms with Crippen LogP contribution in [0.15, 0.2) is 60.7 Å². The lowest BCUT2D eigenvalue weighted by atomic mass is 9.83. The lowest BCUT2D eigenvalue weighted by Gasteiger charge is -2.47. The Morgan fingerprint density at radius 1 is 0.829 bits per heavy atom. The molecule has 3 saturated heterocycles. The third-order valence-corrected chi connectivity index (χ3v) is 9.93. The molecular weight excluding hydrogens is 458 g/mol. The zero-order valence-corrected chi connectivity index (χ0v) is 21.2. The minimum Gasteiger partial charge on any atom is -0.459 e. The van der Waals surface area contributed by atoms with Crippen molar-refractivity contribution in [1.82, 2.24) is 0 Å². The van der Waals surface area contributed by atoms with E-state index >= 15 is 0 Å². The Hall–Kier alpha value is -1.88. The first-order valence-corrected chi connectivity index (χ1v) is 14.1. The van der Waals surface area contributed by atoms with Crippen LogP contribution >= 0.6 is 11.6 Å². The van der Waals surface area contributed by atoms with E-state index in [1.54, 1.807) is 0 Å². The molecule has 4 aliphatic rings. The van der Waals surface area contributed by atoms with Gasteiger partial charge in [0.2, 0.25) is 5.60 Å². The zero-order valence-electron chi connectivity index (χ0n) is 20.5. The Balaban J connectivity index is 1.33. The van der Waals surface area contributed by atoms with E-state index in [-0.39, 0.29) is 18.0 Å². The third-order valence-electron chi connectivity index (χ3n) is 9.49. The van der Waals surface area contributed by atoms with Crippen LogP contribution in [0.2, 0.25) is 0 Å². The molecule has 2 aromatic carbocycles. The molecule has 3 unspecified atom stereocenters. The number of benzene rings is 2. The smallest absolute Gasteiger partial charge is 0.348 e. The van der Waals surface area contributed by atoms with E-state index in [1.165, 1.54) is 43.3 Å². The Morgan fingerprint density at radius 3 is 1.86 bits per heavy atom. The Bertz CT molecular complexity index is 963. The molecule has 6 rings (SSSR count). The van der Waals surface area contributed by atoms with E-state index in [0.717, 1.165) is 43.2 Å². The first-order chi connectivity index (χ1) is 17.1. The van der Waals surface area contributed by atoms with Crippen molar-refractivity contribution in [2.24, 2.45) is 5.92 Å². The number of piperidine rings is 1. The Morgan fingerprint density at radius 2 is 1.37 bits per heavy atom. The lowest BCUT2D eigenvalue weighted by molar-refractivity contribution is -0.956. The highest BCUT2D eigenvalue weighted by Gasteiger charge is 2.57. The third kappa shape index (κ3) is 4.02. The fourth-order valence-corrected chi connectivity index (χ4v) is 7.83. The molecule has 4 fully saturated rings. The van der Waals surface area contributed by atoms with Crippen molar-refractivity contribution in [3.63, 3.8) is 0 Å². The van der Waals surface area contributed by atoms with Gasteiger partial charge in [-0.1, -0.05) is 78.7 Å². The van der Waals surface area contributed by atoms with Gasteiger partial charge in [-0.25, -0.2) is 4.79 Å². The highest BCUT2D eigenvalue weighted by atomic mass is 35.5. The summed E-state index contributed by atoms with van der Waals surface area (Å²) >= 11 is 6.86. The van der Waals surface area contributed by atoms with Crippen molar-refractivity contribution in [3.05, 3.63) is 71.8 Å². The molecule has 0 radical (unpaired) electrons. The van der Waals surface area contributed by atoms with Crippen LogP contribution in [0.4, 0.5) is 0 Å². The van der Waals surface area contributed by atoms with Crippen molar-refractivity contribution in [3.8, 4) is 0 Å². The van der Waals surface area contributed by atoms with E-state index in [4.69, 9.17) is 21.1 Å². The highest BCUT2D eigenvalue weighted by molar-refractivity contribution is 6.20. The van der Waals surface area contributed by atoms with Crippen molar-refractivity contribution >= 4 is 17.6 Å². The van der Waals surface area contributed by atoms with Crippen LogP contribution in [0, 0.1) is 5.92 Å². The van der Waals surface area contributed by atoms with E-state index in [1.807, 2.05) is 60.7 Å². The van der Waals surface area contributed by atoms with Gasteiger partial charge in [-0.2, -0.15) is 0 Å². The summed E-state index contributed by atoms with van der Waals surface area (Å²) in [5.74, 6) is -0.0551. The van der Waals surface area contributed by atoms with Gasteiger partial charge < -0.3 is 14.0 Å². The molecule has 1 saturated carbocycles. The predicted molar refractivity (Wildman–Crippen MR) is 137 cm³/mol. The molecule has 2 bridgehead atoms. The maximum Gasteiger partial charge on any atom is 0.348 e. The molecule has 3 heterocycles. The van der Waals surface area contributed by atoms with Crippen molar-refractivity contribution in [2.45, 2.75) is 87.1 Å². The number of nitrogens with zero attached hydrogens (tertiary/aromatic N) is 1. The van der Waals surface area contributed by atoms with Crippen LogP contribution in [-0.4, -0.2) is 47.3 Å². The number of quaternary nitrogens is 1. The van der Waals surface area contributed by atoms with Crippen LogP contribution in [0.25, 0.3) is 0 Å². The van der Waals surface area contributed by atoms with Crippen molar-refractivity contribution < 1.29 is 18.8 Å². The molecule has 2 aromatic rings. The molecule has 4 nitrogen and oxygen atoms in total. The van der Waals surface area contributed by atoms with Crippen LogP contribution in [0.3, 0.4) is 0 Å². The average Bonchev–Trinajstić information content (AvgIpc) is 3.39. The number of hydrogen-bond donors (Lipinski definition) is 0. The fourth-order valence-electron chi connectivity index (χ4n) is 7.44. The van der Waals surface area contributed by atoms with E-state index in [9.17, 15) is 4.79 Å². The van der Waals surface area contributed by atoms with Gasteiger partial charge in [0.05, 0.1) is 25.2 Å². The number of carbonyl (C=O) groups is 1. The molecule has 3 aliphatic heterocycles. The monoisotopic (exact) mass is 494 g/mol. The molecular formula is C30H37ClNO3+. The average molecular weight is 495 g/mol. The standard InChI is InChI=1S/C30H37ClNO3/c31-28(22-10-9-11-22)35-30(23-12-3-1-4-13-23,24-14-5-2-6-15-24)29(33)34-27-20-25-16-17-26(21-27)32(25)18-7-8-19-32/h1-6,12-15,22,25-28H,7-11,16-21H2/q+1. The normalized spacial score (nSPS) is 28.5. The SMILES string of the molecule is O=C(OC1CC2CCC(C1)[N+]21CCCC1)C(OC(Cl)C1CCC1)(c1ccccc1)c1ccccc1. The van der Waals surface area contributed by atoms with Gasteiger partial charge >= 0.3 is 5.97 Å². The second-order valence-corrected chi connectivity index (χ2v) is 11.6. The largest absolute Gasteiger partial charge is 0.459 e. The van der Waals surface area contributed by atoms with E-state index in [2.05, 4.69) is 0 Å². The van der Waals surface area contributed by atoms with Gasteiger partial charge in [-0.15, -0.1) is 0 Å². The summed E-state index contributed by atoms with van der Waals surface area (Å²) in [7, 11) is 0. The fraction of sp³-hybridized carbons (Fsp3) is 0.567. The number of esters is 1. The maximum atomic E-state index is 14.3. The number of alkyl halides is 1. The molecule has 5 heteroatoms. The summed E-state index contributed by atoms with van der Waals surface area (Å²) in [6.07, 6.45) is 10.3. The van der Waals surface area contributed by atoms with Crippen LogP contribution < -0.4 is 0 Å². The topological polar surface area (TPSA) is 35.5 Å². The Labute approximate surface area is 214 Å². The molecule has 0 aromatic heterocycles. The zero-order chi connectivity index (χ0) is 23.9. The highest BCUT2D eigenvalue weighted by Crippen LogP contribution is 2.48. The Kier molecular flexibility index (Phi) is 6.41. The summed E-state index contributed by atoms with van der Waals surface area (Å²) in [5.41, 5.74) is -0.357. The van der Waals surface area contributed by atoms with Gasteiger partial charge in [0.15, 0.2) is 0 Å². The first kappa shape index (κ1) is 23.5. The van der Waals surface area contributed by atoms with Crippen LogP contribution in [0.5, 0.6) is 0 Å². The van der Waals surface area contributed by atoms with E-state index in [0.29, 0.717) is 12.1 Å². The number of ether oxygens (including phenoxy) is 2. The van der Waals surface area contributed by atoms with Crippen LogP contribution in [0.1, 0.15) is 68.9 Å². The lowest BCUT2D eigenvalue weighted by Crippen LogP contribution is -2.60. The molecule has 0 N–H and O–H groups in total. The minimum absolute atomic E-state index is 0.0581. The molecule has 3 atom stereocenters. The first-order valence-electron chi connectivity index (χ1n) is 13.6. The molecule has 186 valence electrons. The predicted octanol–water partition coefficient (Wildman–Crippen LogP) is 6.16. The van der Waals surface area contributed by atoms with Crippen molar-refractivity contribution in [1.29, 1.82) is 0 Å². The second-order valence-electron chi connectivity index (χ2n) is 11.2. The van der Waals surface area contributed by atoms with Crippen LogP contribution in [-0.2, 0) is 19.9 Å². The van der Waals surface area contributed by atoms with E-state index < -0.39 is 11.2 Å². The number of carbonyl (C=O) groups excluding carboxylic acids is 1. The molecule has 1 spiro atoms. The molecule has 35 heavy (non-hydrogen) atoms. The summed E-state index contributed by atoms with van der Waals surface area (Å²) in [4.78, 5) is 14.3. The number of halogens is 1. The maximum absolute atomic E-state index is 14.3. The van der Waals surface area contributed by atoms with Gasteiger partial charge in [-0.3, -0.25) is 0 Å². The molecule has 0 amide bonds. The van der Waals surface area contributed by atoms with Gasteiger partial charge in [0.1, 0.15) is 11.7 Å². The molecule has 1 aliphatic carbocycles. The summed E-state index contributed by atoms with van der Waals surface area (Å²) in [6.45, 7) is 2.62. The van der Waals surface area contributed by atoms with Gasteiger partial charge in [0.25, 0.3) is 0 Å². The summed E-state index contributed by atoms with van der Waals surface area (Å²) < 4.78 is 14.4. The summed E-state index contributed by atoms with van der Waals surface area (Å²) in [5, 5.41) is 0. The number of hydrogen-bond acceptors (Lipinski definition) is 3. The van der Waals surface area contributed by atoms with Crippen molar-refractivity contribution in [2.75, 3.05) is 13.1 Å². The minimum atomic E-state index is -1.37. The quantitative estimate of drug-likeness (QED) is 0.263. The number of rotatable bonds is 7. The van der Waals surface area contributed by atoms with Gasteiger partial charge in [0, 0.05) is 38.5 Å².